The fourth-order valence-corrected chi connectivity index (χ4v) is 2.05. The predicted molar refractivity (Wildman–Crippen MR) is 81.7 cm³/mol. The van der Waals surface area contributed by atoms with Crippen LogP contribution in [0, 0.1) is 19.7 Å². The molecule has 8 heteroatoms. The normalized spacial score (nSPS) is 11.3. The molecule has 1 N–H and O–H groups in total. The zero-order valence-electron chi connectivity index (χ0n) is 12.5. The van der Waals surface area contributed by atoms with Gasteiger partial charge in [0.1, 0.15) is 5.82 Å². The minimum Gasteiger partial charge on any atom is -0.264 e. The van der Waals surface area contributed by atoms with Crippen LogP contribution in [-0.4, -0.2) is 31.7 Å². The van der Waals surface area contributed by atoms with E-state index in [1.807, 2.05) is 19.9 Å². The third kappa shape index (κ3) is 3.05. The second kappa shape index (κ2) is 5.91. The Kier molecular flexibility index (Phi) is 3.80. The third-order valence-electron chi connectivity index (χ3n) is 3.10. The van der Waals surface area contributed by atoms with Gasteiger partial charge in [0, 0.05) is 17.0 Å². The highest BCUT2D eigenvalue weighted by atomic mass is 19.1. The van der Waals surface area contributed by atoms with E-state index in [9.17, 15) is 9.18 Å². The SMILES string of the molecule is Cc1cc(C)n2nc(C(=O)N/N=C/c3ccccc3F)nc2n1. The van der Waals surface area contributed by atoms with Gasteiger partial charge in [0.05, 0.1) is 6.21 Å². The van der Waals surface area contributed by atoms with Crippen LogP contribution in [-0.2, 0) is 0 Å². The Bertz CT molecular complexity index is 917. The number of carbonyl (C=O) groups excluding carboxylic acids is 1. The predicted octanol–water partition coefficient (Wildman–Crippen LogP) is 1.64. The summed E-state index contributed by atoms with van der Waals surface area (Å²) in [5, 5.41) is 7.79. The van der Waals surface area contributed by atoms with Crippen molar-refractivity contribution in [2.45, 2.75) is 13.8 Å². The number of aromatic nitrogens is 4. The zero-order chi connectivity index (χ0) is 16.4. The lowest BCUT2D eigenvalue weighted by Gasteiger charge is -1.97. The lowest BCUT2D eigenvalue weighted by Crippen LogP contribution is -2.19. The molecular formula is C15H13FN6O. The Hall–Kier alpha value is -3.16. The van der Waals surface area contributed by atoms with E-state index in [1.165, 1.54) is 16.8 Å². The van der Waals surface area contributed by atoms with Gasteiger partial charge in [0.25, 0.3) is 5.78 Å². The summed E-state index contributed by atoms with van der Waals surface area (Å²) < 4.78 is 14.9. The lowest BCUT2D eigenvalue weighted by molar-refractivity contribution is 0.0945. The molecule has 2 aromatic heterocycles. The Labute approximate surface area is 130 Å². The molecule has 7 nitrogen and oxygen atoms in total. The highest BCUT2D eigenvalue weighted by Gasteiger charge is 2.14. The van der Waals surface area contributed by atoms with Crippen LogP contribution in [0.4, 0.5) is 4.39 Å². The molecule has 0 unspecified atom stereocenters. The lowest BCUT2D eigenvalue weighted by atomic mass is 10.2. The van der Waals surface area contributed by atoms with Crippen LogP contribution in [0.3, 0.4) is 0 Å². The van der Waals surface area contributed by atoms with Crippen LogP contribution < -0.4 is 5.43 Å². The Morgan fingerprint density at radius 3 is 2.87 bits per heavy atom. The number of aryl methyl sites for hydroxylation is 2. The molecule has 116 valence electrons. The molecule has 23 heavy (non-hydrogen) atoms. The number of benzene rings is 1. The van der Waals surface area contributed by atoms with Crippen molar-refractivity contribution < 1.29 is 9.18 Å². The number of halogens is 1. The molecule has 0 bridgehead atoms. The highest BCUT2D eigenvalue weighted by Crippen LogP contribution is 2.05. The van der Waals surface area contributed by atoms with Crippen molar-refractivity contribution in [3.8, 4) is 0 Å². The number of hydrazone groups is 1. The van der Waals surface area contributed by atoms with Crippen molar-refractivity contribution in [3.63, 3.8) is 0 Å². The van der Waals surface area contributed by atoms with Crippen LogP contribution in [0.25, 0.3) is 5.78 Å². The summed E-state index contributed by atoms with van der Waals surface area (Å²) in [6.07, 6.45) is 1.22. The van der Waals surface area contributed by atoms with Crippen LogP contribution in [0.5, 0.6) is 0 Å². The molecular weight excluding hydrogens is 299 g/mol. The maximum Gasteiger partial charge on any atom is 0.311 e. The fourth-order valence-electron chi connectivity index (χ4n) is 2.05. The van der Waals surface area contributed by atoms with E-state index < -0.39 is 11.7 Å². The minimum atomic E-state index is -0.597. The van der Waals surface area contributed by atoms with Crippen LogP contribution >= 0.6 is 0 Å². The van der Waals surface area contributed by atoms with Crippen molar-refractivity contribution >= 4 is 17.9 Å². The number of hydrogen-bond acceptors (Lipinski definition) is 5. The molecule has 0 aliphatic heterocycles. The first-order chi connectivity index (χ1) is 11.0. The average Bonchev–Trinajstić information content (AvgIpc) is 2.93. The van der Waals surface area contributed by atoms with Crippen molar-refractivity contribution in [3.05, 3.63) is 58.9 Å². The molecule has 3 aromatic rings. The molecule has 0 saturated carbocycles. The minimum absolute atomic E-state index is 0.0584. The molecule has 3 rings (SSSR count). The number of hydrogen-bond donors (Lipinski definition) is 1. The van der Waals surface area contributed by atoms with Gasteiger partial charge in [-0.05, 0) is 26.0 Å². The Morgan fingerprint density at radius 1 is 1.30 bits per heavy atom. The number of nitrogens with zero attached hydrogens (tertiary/aromatic N) is 5. The van der Waals surface area contributed by atoms with Crippen LogP contribution in [0.2, 0.25) is 0 Å². The first-order valence-electron chi connectivity index (χ1n) is 6.83. The molecule has 0 fully saturated rings. The third-order valence-corrected chi connectivity index (χ3v) is 3.10. The van der Waals surface area contributed by atoms with E-state index in [1.54, 1.807) is 18.2 Å². The van der Waals surface area contributed by atoms with Crippen molar-refractivity contribution in [1.82, 2.24) is 25.0 Å². The molecule has 0 saturated heterocycles. The van der Waals surface area contributed by atoms with E-state index >= 15 is 0 Å². The van der Waals surface area contributed by atoms with E-state index in [2.05, 4.69) is 25.6 Å². The summed E-state index contributed by atoms with van der Waals surface area (Å²) in [4.78, 5) is 20.3. The topological polar surface area (TPSA) is 84.5 Å². The second-order valence-electron chi connectivity index (χ2n) is 4.91. The van der Waals surface area contributed by atoms with Crippen LogP contribution in [0.1, 0.15) is 27.6 Å². The van der Waals surface area contributed by atoms with Gasteiger partial charge < -0.3 is 0 Å². The van der Waals surface area contributed by atoms with E-state index in [-0.39, 0.29) is 11.4 Å². The molecule has 0 atom stereocenters. The highest BCUT2D eigenvalue weighted by molar-refractivity contribution is 5.91. The molecule has 0 aliphatic rings. The molecule has 0 radical (unpaired) electrons. The number of nitrogens with one attached hydrogen (secondary N) is 1. The first kappa shape index (κ1) is 14.8. The quantitative estimate of drug-likeness (QED) is 0.588. The van der Waals surface area contributed by atoms with E-state index in [4.69, 9.17) is 0 Å². The number of amides is 1. The maximum absolute atomic E-state index is 13.4. The monoisotopic (exact) mass is 312 g/mol. The summed E-state index contributed by atoms with van der Waals surface area (Å²) in [5.74, 6) is -0.741. The summed E-state index contributed by atoms with van der Waals surface area (Å²) in [6, 6.07) is 7.93. The first-order valence-corrected chi connectivity index (χ1v) is 6.83. The molecule has 0 spiro atoms. The second-order valence-corrected chi connectivity index (χ2v) is 4.91. The fraction of sp³-hybridized carbons (Fsp3) is 0.133. The van der Waals surface area contributed by atoms with Gasteiger partial charge in [0.2, 0.25) is 5.82 Å². The van der Waals surface area contributed by atoms with Gasteiger partial charge in [-0.3, -0.25) is 4.79 Å². The largest absolute Gasteiger partial charge is 0.311 e. The zero-order valence-corrected chi connectivity index (χ0v) is 12.5. The smallest absolute Gasteiger partial charge is 0.264 e. The summed E-state index contributed by atoms with van der Waals surface area (Å²) in [7, 11) is 0. The average molecular weight is 312 g/mol. The standard InChI is InChI=1S/C15H13FN6O/c1-9-7-10(2)22-15(18-9)19-13(21-22)14(23)20-17-8-11-5-3-4-6-12(11)16/h3-8H,1-2H3,(H,20,23)/b17-8+. The van der Waals surface area contributed by atoms with E-state index in [0.29, 0.717) is 5.78 Å². The van der Waals surface area contributed by atoms with Crippen molar-refractivity contribution in [2.24, 2.45) is 5.10 Å². The summed E-state index contributed by atoms with van der Waals surface area (Å²) in [5.41, 5.74) is 4.13. The number of fused-ring (bicyclic) bond motifs is 1. The van der Waals surface area contributed by atoms with Gasteiger partial charge >= 0.3 is 5.91 Å². The number of rotatable bonds is 3. The van der Waals surface area contributed by atoms with E-state index in [0.717, 1.165) is 11.4 Å². The maximum atomic E-state index is 13.4. The Morgan fingerprint density at radius 2 is 2.09 bits per heavy atom. The Balaban J connectivity index is 1.79. The summed E-state index contributed by atoms with van der Waals surface area (Å²) in [6.45, 7) is 3.68. The van der Waals surface area contributed by atoms with Gasteiger partial charge in [0.15, 0.2) is 0 Å². The van der Waals surface area contributed by atoms with Crippen LogP contribution in [0.15, 0.2) is 35.4 Å². The van der Waals surface area contributed by atoms with Gasteiger partial charge in [-0.15, -0.1) is 5.10 Å². The van der Waals surface area contributed by atoms with Crippen molar-refractivity contribution in [1.29, 1.82) is 0 Å². The van der Waals surface area contributed by atoms with Gasteiger partial charge in [-0.1, -0.05) is 18.2 Å². The number of carbonyl (C=O) groups is 1. The molecule has 0 aliphatic carbocycles. The summed E-state index contributed by atoms with van der Waals surface area (Å²) >= 11 is 0. The molecule has 2 heterocycles. The molecule has 1 aromatic carbocycles. The molecule has 1 amide bonds. The van der Waals surface area contributed by atoms with Crippen molar-refractivity contribution in [2.75, 3.05) is 0 Å². The van der Waals surface area contributed by atoms with Gasteiger partial charge in [-0.2, -0.15) is 10.1 Å². The van der Waals surface area contributed by atoms with Gasteiger partial charge in [-0.25, -0.2) is 19.3 Å².